The van der Waals surface area contributed by atoms with Gasteiger partial charge in [-0.25, -0.2) is 4.79 Å². The highest BCUT2D eigenvalue weighted by Gasteiger charge is 2.33. The molecule has 2 rings (SSSR count). The molecule has 3 nitrogen and oxygen atoms in total. The van der Waals surface area contributed by atoms with Crippen LogP contribution in [0.1, 0.15) is 25.3 Å². The van der Waals surface area contributed by atoms with Gasteiger partial charge in [0.25, 0.3) is 0 Å². The van der Waals surface area contributed by atoms with Crippen molar-refractivity contribution in [3.63, 3.8) is 0 Å². The predicted octanol–water partition coefficient (Wildman–Crippen LogP) is 2.37. The van der Waals surface area contributed by atoms with E-state index in [-0.39, 0.29) is 12.1 Å². The first-order chi connectivity index (χ1) is 7.68. The number of benzene rings is 1. The third-order valence-corrected chi connectivity index (χ3v) is 3.27. The van der Waals surface area contributed by atoms with E-state index in [2.05, 4.69) is 6.92 Å². The van der Waals surface area contributed by atoms with Crippen LogP contribution in [-0.4, -0.2) is 17.0 Å². The molecule has 1 aromatic carbocycles. The molecule has 16 heavy (non-hydrogen) atoms. The number of amides is 2. The molecule has 2 N–H and O–H groups in total. The summed E-state index contributed by atoms with van der Waals surface area (Å²) in [6.07, 6.45) is 2.44. The van der Waals surface area contributed by atoms with Gasteiger partial charge in [0.2, 0.25) is 0 Å². The summed E-state index contributed by atoms with van der Waals surface area (Å²) < 4.78 is 0. The molecular weight excluding hydrogens is 200 g/mol. The SMILES string of the molecule is C[C@@H](C1CC1)N(Cc1ccccc1)C(N)=O. The number of primary amides is 1. The van der Waals surface area contributed by atoms with E-state index in [9.17, 15) is 4.79 Å². The van der Waals surface area contributed by atoms with Gasteiger partial charge < -0.3 is 10.6 Å². The summed E-state index contributed by atoms with van der Waals surface area (Å²) in [5.41, 5.74) is 6.57. The van der Waals surface area contributed by atoms with E-state index in [4.69, 9.17) is 5.73 Å². The maximum Gasteiger partial charge on any atom is 0.315 e. The van der Waals surface area contributed by atoms with Crippen molar-refractivity contribution in [3.05, 3.63) is 35.9 Å². The van der Waals surface area contributed by atoms with Crippen LogP contribution in [0.3, 0.4) is 0 Å². The van der Waals surface area contributed by atoms with Crippen molar-refractivity contribution in [3.8, 4) is 0 Å². The number of nitrogens with zero attached hydrogens (tertiary/aromatic N) is 1. The second kappa shape index (κ2) is 4.56. The van der Waals surface area contributed by atoms with Gasteiger partial charge in [-0.05, 0) is 31.2 Å². The van der Waals surface area contributed by atoms with Gasteiger partial charge in [-0.2, -0.15) is 0 Å². The zero-order valence-electron chi connectivity index (χ0n) is 9.60. The highest BCUT2D eigenvalue weighted by molar-refractivity contribution is 5.72. The van der Waals surface area contributed by atoms with Crippen LogP contribution in [0.5, 0.6) is 0 Å². The molecule has 1 aliphatic rings. The quantitative estimate of drug-likeness (QED) is 0.828. The highest BCUT2D eigenvalue weighted by Crippen LogP contribution is 2.35. The monoisotopic (exact) mass is 218 g/mol. The molecule has 1 atom stereocenters. The Kier molecular flexibility index (Phi) is 3.13. The van der Waals surface area contributed by atoms with Gasteiger partial charge in [0.1, 0.15) is 0 Å². The molecule has 1 aliphatic carbocycles. The number of hydrogen-bond donors (Lipinski definition) is 1. The predicted molar refractivity (Wildman–Crippen MR) is 63.8 cm³/mol. The van der Waals surface area contributed by atoms with Gasteiger partial charge in [-0.1, -0.05) is 30.3 Å². The Morgan fingerprint density at radius 1 is 1.44 bits per heavy atom. The van der Waals surface area contributed by atoms with E-state index >= 15 is 0 Å². The van der Waals surface area contributed by atoms with Crippen molar-refractivity contribution in [1.82, 2.24) is 4.90 Å². The lowest BCUT2D eigenvalue weighted by Crippen LogP contribution is -2.42. The standard InChI is InChI=1S/C13H18N2O/c1-10(12-7-8-12)15(13(14)16)9-11-5-3-2-4-6-11/h2-6,10,12H,7-9H2,1H3,(H2,14,16)/t10-/m0/s1. The average Bonchev–Trinajstić information content (AvgIpc) is 3.10. The molecule has 1 fully saturated rings. The maximum absolute atomic E-state index is 11.4. The van der Waals surface area contributed by atoms with Gasteiger partial charge in [0.15, 0.2) is 0 Å². The Morgan fingerprint density at radius 2 is 2.06 bits per heavy atom. The molecule has 0 bridgehead atoms. The minimum atomic E-state index is -0.316. The number of rotatable bonds is 4. The second-order valence-corrected chi connectivity index (χ2v) is 4.53. The summed E-state index contributed by atoms with van der Waals surface area (Å²) in [6.45, 7) is 2.71. The lowest BCUT2D eigenvalue weighted by Gasteiger charge is -2.27. The van der Waals surface area contributed by atoms with Crippen molar-refractivity contribution < 1.29 is 4.79 Å². The minimum Gasteiger partial charge on any atom is -0.351 e. The molecule has 86 valence electrons. The molecule has 0 aliphatic heterocycles. The fourth-order valence-electron chi connectivity index (χ4n) is 2.04. The lowest BCUT2D eigenvalue weighted by atomic mass is 10.1. The summed E-state index contributed by atoms with van der Waals surface area (Å²) in [4.78, 5) is 13.2. The fourth-order valence-corrected chi connectivity index (χ4v) is 2.04. The molecule has 2 amide bonds. The Labute approximate surface area is 96.2 Å². The van der Waals surface area contributed by atoms with Gasteiger partial charge in [-0.15, -0.1) is 0 Å². The normalized spacial score (nSPS) is 16.8. The molecule has 0 spiro atoms. The Hall–Kier alpha value is -1.51. The summed E-state index contributed by atoms with van der Waals surface area (Å²) in [6, 6.07) is 9.93. The summed E-state index contributed by atoms with van der Waals surface area (Å²) in [5.74, 6) is 0.649. The molecule has 0 aromatic heterocycles. The Morgan fingerprint density at radius 3 is 2.56 bits per heavy atom. The van der Waals surface area contributed by atoms with Crippen molar-refractivity contribution in [1.29, 1.82) is 0 Å². The summed E-state index contributed by atoms with van der Waals surface area (Å²) in [5, 5.41) is 0. The third-order valence-electron chi connectivity index (χ3n) is 3.27. The zero-order chi connectivity index (χ0) is 11.5. The maximum atomic E-state index is 11.4. The third kappa shape index (κ3) is 2.54. The smallest absolute Gasteiger partial charge is 0.315 e. The fraction of sp³-hybridized carbons (Fsp3) is 0.462. The molecule has 0 heterocycles. The first kappa shape index (κ1) is 11.0. The molecule has 1 aromatic rings. The Bertz CT molecular complexity index is 359. The van der Waals surface area contributed by atoms with Crippen LogP contribution in [0.25, 0.3) is 0 Å². The van der Waals surface area contributed by atoms with Crippen LogP contribution in [0, 0.1) is 5.92 Å². The first-order valence-electron chi connectivity index (χ1n) is 5.78. The van der Waals surface area contributed by atoms with Crippen LogP contribution >= 0.6 is 0 Å². The van der Waals surface area contributed by atoms with Gasteiger partial charge in [-0.3, -0.25) is 0 Å². The molecular formula is C13H18N2O. The topological polar surface area (TPSA) is 46.3 Å². The lowest BCUT2D eigenvalue weighted by molar-refractivity contribution is 0.176. The van der Waals surface area contributed by atoms with E-state index in [1.165, 1.54) is 12.8 Å². The van der Waals surface area contributed by atoms with Crippen molar-refractivity contribution in [2.24, 2.45) is 11.7 Å². The van der Waals surface area contributed by atoms with E-state index in [0.29, 0.717) is 12.5 Å². The van der Waals surface area contributed by atoms with Crippen LogP contribution < -0.4 is 5.73 Å². The van der Waals surface area contributed by atoms with Gasteiger partial charge in [0, 0.05) is 12.6 Å². The van der Waals surface area contributed by atoms with E-state index in [0.717, 1.165) is 5.56 Å². The minimum absolute atomic E-state index is 0.262. The van der Waals surface area contributed by atoms with Crippen LogP contribution in [0.15, 0.2) is 30.3 Å². The van der Waals surface area contributed by atoms with Gasteiger partial charge >= 0.3 is 6.03 Å². The average molecular weight is 218 g/mol. The number of carbonyl (C=O) groups is 1. The highest BCUT2D eigenvalue weighted by atomic mass is 16.2. The molecule has 0 radical (unpaired) electrons. The van der Waals surface area contributed by atoms with E-state index < -0.39 is 0 Å². The number of urea groups is 1. The van der Waals surface area contributed by atoms with Crippen molar-refractivity contribution in [2.45, 2.75) is 32.4 Å². The van der Waals surface area contributed by atoms with Crippen LogP contribution in [0.2, 0.25) is 0 Å². The molecule has 0 saturated heterocycles. The molecule has 1 saturated carbocycles. The number of nitrogens with two attached hydrogens (primary N) is 1. The van der Waals surface area contributed by atoms with Gasteiger partial charge in [0.05, 0.1) is 0 Å². The van der Waals surface area contributed by atoms with Crippen molar-refractivity contribution in [2.75, 3.05) is 0 Å². The van der Waals surface area contributed by atoms with Crippen LogP contribution in [-0.2, 0) is 6.54 Å². The van der Waals surface area contributed by atoms with Crippen molar-refractivity contribution >= 4 is 6.03 Å². The zero-order valence-corrected chi connectivity index (χ0v) is 9.60. The summed E-state index contributed by atoms with van der Waals surface area (Å²) in [7, 11) is 0. The largest absolute Gasteiger partial charge is 0.351 e. The van der Waals surface area contributed by atoms with Crippen LogP contribution in [0.4, 0.5) is 4.79 Å². The molecule has 0 unspecified atom stereocenters. The number of carbonyl (C=O) groups excluding carboxylic acids is 1. The Balaban J connectivity index is 2.05. The molecule has 3 heteroatoms. The first-order valence-corrected chi connectivity index (χ1v) is 5.78. The number of hydrogen-bond acceptors (Lipinski definition) is 1. The second-order valence-electron chi connectivity index (χ2n) is 4.53. The van der Waals surface area contributed by atoms with E-state index in [1.807, 2.05) is 30.3 Å². The summed E-state index contributed by atoms with van der Waals surface area (Å²) >= 11 is 0. The van der Waals surface area contributed by atoms with E-state index in [1.54, 1.807) is 4.90 Å².